The highest BCUT2D eigenvalue weighted by Gasteiger charge is 2.24. The number of hydrogen-bond acceptors (Lipinski definition) is 3. The molecule has 126 valence electrons. The zero-order chi connectivity index (χ0) is 17.3. The first-order valence-corrected chi connectivity index (χ1v) is 8.20. The minimum absolute atomic E-state index is 0.107. The summed E-state index contributed by atoms with van der Waals surface area (Å²) in [6, 6.07) is 7.22. The van der Waals surface area contributed by atoms with Crippen LogP contribution in [0.4, 0.5) is 5.69 Å². The van der Waals surface area contributed by atoms with E-state index in [0.717, 1.165) is 29.8 Å². The van der Waals surface area contributed by atoms with Crippen LogP contribution in [-0.4, -0.2) is 17.6 Å². The number of aryl methyl sites for hydroxylation is 2. The summed E-state index contributed by atoms with van der Waals surface area (Å²) in [6.45, 7) is 4.70. The molecule has 0 bridgehead atoms. The van der Waals surface area contributed by atoms with Crippen molar-refractivity contribution in [3.63, 3.8) is 0 Å². The van der Waals surface area contributed by atoms with Crippen LogP contribution in [0.2, 0.25) is 0 Å². The van der Waals surface area contributed by atoms with Gasteiger partial charge in [0.25, 0.3) is 11.5 Å². The molecule has 1 aliphatic rings. The zero-order valence-electron chi connectivity index (χ0n) is 14.3. The predicted octanol–water partition coefficient (Wildman–Crippen LogP) is 3.06. The quantitative estimate of drug-likeness (QED) is 0.943. The van der Waals surface area contributed by atoms with Gasteiger partial charge >= 0.3 is 0 Å². The van der Waals surface area contributed by atoms with Crippen molar-refractivity contribution in [1.82, 2.24) is 4.57 Å². The Kier molecular flexibility index (Phi) is 4.42. The van der Waals surface area contributed by atoms with Gasteiger partial charge in [-0.1, -0.05) is 6.07 Å². The number of nitrogens with one attached hydrogen (secondary N) is 1. The molecule has 0 aliphatic carbocycles. The molecule has 24 heavy (non-hydrogen) atoms. The SMILES string of the molecule is COc1cc(=O)n2c(c1C(=O)Nc1ccc(C)c(C)c1)CCCC2. The number of pyridine rings is 1. The number of hydrogen-bond donors (Lipinski definition) is 1. The fraction of sp³-hybridized carbons (Fsp3) is 0.368. The molecule has 0 spiro atoms. The Morgan fingerprint density at radius 1 is 1.17 bits per heavy atom. The lowest BCUT2D eigenvalue weighted by molar-refractivity contribution is 0.102. The third-order valence-corrected chi connectivity index (χ3v) is 4.64. The molecule has 0 saturated carbocycles. The Morgan fingerprint density at radius 3 is 2.67 bits per heavy atom. The van der Waals surface area contributed by atoms with E-state index < -0.39 is 0 Å². The fourth-order valence-electron chi connectivity index (χ4n) is 3.16. The van der Waals surface area contributed by atoms with Crippen LogP contribution in [-0.2, 0) is 13.0 Å². The first kappa shape index (κ1) is 16.3. The van der Waals surface area contributed by atoms with Gasteiger partial charge < -0.3 is 14.6 Å². The van der Waals surface area contributed by atoms with Gasteiger partial charge in [-0.3, -0.25) is 9.59 Å². The normalized spacial score (nSPS) is 13.3. The van der Waals surface area contributed by atoms with Gasteiger partial charge in [0.05, 0.1) is 7.11 Å². The molecule has 2 aromatic rings. The third kappa shape index (κ3) is 2.94. The summed E-state index contributed by atoms with van der Waals surface area (Å²) in [5.41, 5.74) is 4.16. The Hall–Kier alpha value is -2.56. The van der Waals surface area contributed by atoms with Gasteiger partial charge in [0.2, 0.25) is 0 Å². The van der Waals surface area contributed by atoms with Crippen LogP contribution in [0, 0.1) is 13.8 Å². The maximum atomic E-state index is 12.9. The van der Waals surface area contributed by atoms with Crippen molar-refractivity contribution in [2.45, 2.75) is 39.7 Å². The molecule has 2 heterocycles. The highest BCUT2D eigenvalue weighted by molar-refractivity contribution is 6.07. The average Bonchev–Trinajstić information content (AvgIpc) is 2.58. The van der Waals surface area contributed by atoms with Crippen molar-refractivity contribution in [1.29, 1.82) is 0 Å². The van der Waals surface area contributed by atoms with E-state index in [9.17, 15) is 9.59 Å². The smallest absolute Gasteiger partial charge is 0.261 e. The highest BCUT2D eigenvalue weighted by atomic mass is 16.5. The topological polar surface area (TPSA) is 60.3 Å². The van der Waals surface area contributed by atoms with Crippen molar-refractivity contribution >= 4 is 11.6 Å². The highest BCUT2D eigenvalue weighted by Crippen LogP contribution is 2.26. The molecule has 0 atom stereocenters. The van der Waals surface area contributed by atoms with Gasteiger partial charge in [-0.05, 0) is 56.4 Å². The Morgan fingerprint density at radius 2 is 1.96 bits per heavy atom. The van der Waals surface area contributed by atoms with Crippen LogP contribution in [0.5, 0.6) is 5.75 Å². The van der Waals surface area contributed by atoms with Crippen LogP contribution in [0.25, 0.3) is 0 Å². The first-order valence-electron chi connectivity index (χ1n) is 8.20. The standard InChI is InChI=1S/C19H22N2O3/c1-12-7-8-14(10-13(12)2)20-19(23)18-15-6-4-5-9-21(15)17(22)11-16(18)24-3/h7-8,10-11H,4-6,9H2,1-3H3,(H,20,23). The number of aromatic nitrogens is 1. The van der Waals surface area contributed by atoms with Crippen molar-refractivity contribution in [2.24, 2.45) is 0 Å². The number of carbonyl (C=O) groups excluding carboxylic acids is 1. The van der Waals surface area contributed by atoms with E-state index in [4.69, 9.17) is 4.74 Å². The van der Waals surface area contributed by atoms with E-state index in [1.165, 1.54) is 18.7 Å². The summed E-state index contributed by atoms with van der Waals surface area (Å²) in [4.78, 5) is 25.1. The molecule has 5 heteroatoms. The minimum atomic E-state index is -0.235. The van der Waals surface area contributed by atoms with Crippen LogP contribution < -0.4 is 15.6 Å². The molecule has 0 unspecified atom stereocenters. The summed E-state index contributed by atoms with van der Waals surface area (Å²) in [5, 5.41) is 2.94. The van der Waals surface area contributed by atoms with E-state index in [1.807, 2.05) is 32.0 Å². The average molecular weight is 326 g/mol. The number of rotatable bonds is 3. The Balaban J connectivity index is 2.02. The summed E-state index contributed by atoms with van der Waals surface area (Å²) in [6.07, 6.45) is 2.64. The molecule has 1 amide bonds. The lowest BCUT2D eigenvalue weighted by atomic mass is 10.0. The summed E-state index contributed by atoms with van der Waals surface area (Å²) >= 11 is 0. The number of methoxy groups -OCH3 is 1. The number of ether oxygens (including phenoxy) is 1. The largest absolute Gasteiger partial charge is 0.496 e. The number of nitrogens with zero attached hydrogens (tertiary/aromatic N) is 1. The second-order valence-electron chi connectivity index (χ2n) is 6.23. The second-order valence-corrected chi connectivity index (χ2v) is 6.23. The van der Waals surface area contributed by atoms with E-state index in [1.54, 1.807) is 4.57 Å². The number of amides is 1. The van der Waals surface area contributed by atoms with Gasteiger partial charge in [-0.25, -0.2) is 0 Å². The molecule has 1 aromatic heterocycles. The molecule has 0 radical (unpaired) electrons. The monoisotopic (exact) mass is 326 g/mol. The Labute approximate surface area is 141 Å². The van der Waals surface area contributed by atoms with Crippen LogP contribution in [0.15, 0.2) is 29.1 Å². The molecular weight excluding hydrogens is 304 g/mol. The second kappa shape index (κ2) is 6.51. The van der Waals surface area contributed by atoms with Crippen molar-refractivity contribution in [3.8, 4) is 5.75 Å². The van der Waals surface area contributed by atoms with E-state index in [0.29, 0.717) is 24.3 Å². The zero-order valence-corrected chi connectivity index (χ0v) is 14.3. The lowest BCUT2D eigenvalue weighted by Gasteiger charge is -2.22. The van der Waals surface area contributed by atoms with Crippen LogP contribution in [0.1, 0.15) is 40.0 Å². The molecule has 5 nitrogen and oxygen atoms in total. The lowest BCUT2D eigenvalue weighted by Crippen LogP contribution is -2.30. The maximum absolute atomic E-state index is 12.9. The van der Waals surface area contributed by atoms with Gasteiger partial charge in [-0.2, -0.15) is 0 Å². The molecule has 0 fully saturated rings. The molecule has 0 saturated heterocycles. The summed E-state index contributed by atoms with van der Waals surface area (Å²) < 4.78 is 7.02. The number of fused-ring (bicyclic) bond motifs is 1. The minimum Gasteiger partial charge on any atom is -0.496 e. The van der Waals surface area contributed by atoms with E-state index in [2.05, 4.69) is 5.32 Å². The van der Waals surface area contributed by atoms with Crippen molar-refractivity contribution in [3.05, 3.63) is 57.0 Å². The van der Waals surface area contributed by atoms with Gasteiger partial charge in [-0.15, -0.1) is 0 Å². The van der Waals surface area contributed by atoms with Crippen molar-refractivity contribution < 1.29 is 9.53 Å². The van der Waals surface area contributed by atoms with Crippen LogP contribution in [0.3, 0.4) is 0 Å². The molecule has 1 aliphatic heterocycles. The van der Waals surface area contributed by atoms with Gasteiger partial charge in [0.1, 0.15) is 11.3 Å². The van der Waals surface area contributed by atoms with Crippen LogP contribution >= 0.6 is 0 Å². The summed E-state index contributed by atoms with van der Waals surface area (Å²) in [7, 11) is 1.49. The van der Waals surface area contributed by atoms with E-state index in [-0.39, 0.29) is 11.5 Å². The number of anilines is 1. The molecule has 1 N–H and O–H groups in total. The fourth-order valence-corrected chi connectivity index (χ4v) is 3.16. The number of benzene rings is 1. The predicted molar refractivity (Wildman–Crippen MR) is 94.1 cm³/mol. The third-order valence-electron chi connectivity index (χ3n) is 4.64. The van der Waals surface area contributed by atoms with Crippen molar-refractivity contribution in [2.75, 3.05) is 12.4 Å². The molecule has 1 aromatic carbocycles. The van der Waals surface area contributed by atoms with E-state index >= 15 is 0 Å². The Bertz CT molecular complexity index is 852. The first-order chi connectivity index (χ1) is 11.5. The van der Waals surface area contributed by atoms with Gasteiger partial charge in [0.15, 0.2) is 0 Å². The molecular formula is C19H22N2O3. The molecule has 3 rings (SSSR count). The maximum Gasteiger partial charge on any atom is 0.261 e. The summed E-state index contributed by atoms with van der Waals surface area (Å²) in [5.74, 6) is 0.107. The number of carbonyl (C=O) groups is 1. The van der Waals surface area contributed by atoms with Gasteiger partial charge in [0, 0.05) is 24.0 Å².